The summed E-state index contributed by atoms with van der Waals surface area (Å²) in [7, 11) is 0. The summed E-state index contributed by atoms with van der Waals surface area (Å²) < 4.78 is 5.26. The highest BCUT2D eigenvalue weighted by atomic mass is 32.2. The van der Waals surface area contributed by atoms with Gasteiger partial charge in [-0.3, -0.25) is 4.79 Å². The Morgan fingerprint density at radius 1 is 1.12 bits per heavy atom. The second-order valence-corrected chi connectivity index (χ2v) is 7.71. The third kappa shape index (κ3) is 5.66. The Balaban J connectivity index is 2.03. The van der Waals surface area contributed by atoms with Crippen molar-refractivity contribution in [3.8, 4) is 0 Å². The first-order valence-electron chi connectivity index (χ1n) is 8.70. The second-order valence-electron chi connectivity index (χ2n) is 6.69. The number of aromatic carboxylic acids is 1. The van der Waals surface area contributed by atoms with Crippen molar-refractivity contribution in [1.82, 2.24) is 5.32 Å². The molecule has 2 aromatic rings. The van der Waals surface area contributed by atoms with Crippen LogP contribution in [-0.2, 0) is 5.75 Å². The van der Waals surface area contributed by atoms with Crippen LogP contribution in [0.2, 0.25) is 0 Å². The standard InChI is InChI=1S/C20H25NO4S/c1-13(2)8-9-14(3)21-19(22)16-6-4-5-7-18(16)26-12-17-15(20(23)24)10-11-25-17/h4-7,10-11,13-14H,8-9,12H2,1-3H3,(H,21,22)(H,23,24). The highest BCUT2D eigenvalue weighted by Gasteiger charge is 2.17. The lowest BCUT2D eigenvalue weighted by Gasteiger charge is -2.16. The first kappa shape index (κ1) is 20.1. The molecular formula is C20H25NO4S. The van der Waals surface area contributed by atoms with Crippen LogP contribution in [0.1, 0.15) is 60.1 Å². The van der Waals surface area contributed by atoms with Gasteiger partial charge in [0.15, 0.2) is 0 Å². The fourth-order valence-corrected chi connectivity index (χ4v) is 3.52. The predicted octanol–water partition coefficient (Wildman–Crippen LogP) is 4.82. The third-order valence-electron chi connectivity index (χ3n) is 4.02. The molecule has 0 radical (unpaired) electrons. The van der Waals surface area contributed by atoms with Gasteiger partial charge < -0.3 is 14.8 Å². The maximum absolute atomic E-state index is 12.6. The van der Waals surface area contributed by atoms with Crippen molar-refractivity contribution >= 4 is 23.6 Å². The number of hydrogen-bond donors (Lipinski definition) is 2. The van der Waals surface area contributed by atoms with Crippen LogP contribution in [0.25, 0.3) is 0 Å². The van der Waals surface area contributed by atoms with Crippen molar-refractivity contribution in [3.63, 3.8) is 0 Å². The van der Waals surface area contributed by atoms with E-state index in [9.17, 15) is 9.59 Å². The van der Waals surface area contributed by atoms with E-state index >= 15 is 0 Å². The number of nitrogens with one attached hydrogen (secondary N) is 1. The summed E-state index contributed by atoms with van der Waals surface area (Å²) in [4.78, 5) is 24.6. The zero-order chi connectivity index (χ0) is 19.1. The van der Waals surface area contributed by atoms with Crippen molar-refractivity contribution in [2.24, 2.45) is 5.92 Å². The number of carboxylic acid groups (broad SMARTS) is 1. The summed E-state index contributed by atoms with van der Waals surface area (Å²) in [5.74, 6) is 0.223. The van der Waals surface area contributed by atoms with Gasteiger partial charge in [-0.15, -0.1) is 11.8 Å². The SMILES string of the molecule is CC(C)CCC(C)NC(=O)c1ccccc1SCc1occc1C(=O)O. The van der Waals surface area contributed by atoms with E-state index < -0.39 is 5.97 Å². The van der Waals surface area contributed by atoms with Crippen LogP contribution in [0.3, 0.4) is 0 Å². The molecule has 1 heterocycles. The minimum atomic E-state index is -1.01. The van der Waals surface area contributed by atoms with Gasteiger partial charge in [-0.1, -0.05) is 26.0 Å². The van der Waals surface area contributed by atoms with Crippen LogP contribution in [0.4, 0.5) is 0 Å². The van der Waals surface area contributed by atoms with E-state index in [0.29, 0.717) is 23.0 Å². The molecule has 6 heteroatoms. The lowest BCUT2D eigenvalue weighted by atomic mass is 10.0. The normalized spacial score (nSPS) is 12.2. The molecule has 1 amide bonds. The number of rotatable bonds is 9. The van der Waals surface area contributed by atoms with Gasteiger partial charge in [0, 0.05) is 10.9 Å². The van der Waals surface area contributed by atoms with Crippen LogP contribution in [0, 0.1) is 5.92 Å². The number of thioether (sulfide) groups is 1. The summed E-state index contributed by atoms with van der Waals surface area (Å²) in [6, 6.07) is 8.88. The van der Waals surface area contributed by atoms with Gasteiger partial charge in [-0.25, -0.2) is 4.79 Å². The van der Waals surface area contributed by atoms with E-state index in [0.717, 1.165) is 17.7 Å². The van der Waals surface area contributed by atoms with Crippen LogP contribution in [0.5, 0.6) is 0 Å². The Labute approximate surface area is 158 Å². The third-order valence-corrected chi connectivity index (χ3v) is 5.09. The van der Waals surface area contributed by atoms with Crippen molar-refractivity contribution in [3.05, 3.63) is 53.5 Å². The summed E-state index contributed by atoms with van der Waals surface area (Å²) >= 11 is 1.39. The molecule has 0 saturated carbocycles. The van der Waals surface area contributed by atoms with E-state index in [1.54, 1.807) is 6.07 Å². The van der Waals surface area contributed by atoms with Crippen LogP contribution >= 0.6 is 11.8 Å². The fraction of sp³-hybridized carbons (Fsp3) is 0.400. The lowest BCUT2D eigenvalue weighted by molar-refractivity contribution is 0.0694. The summed E-state index contributed by atoms with van der Waals surface area (Å²) in [5, 5.41) is 12.2. The van der Waals surface area contributed by atoms with E-state index in [4.69, 9.17) is 9.52 Å². The average molecular weight is 375 g/mol. The van der Waals surface area contributed by atoms with Crippen molar-refractivity contribution < 1.29 is 19.1 Å². The minimum Gasteiger partial charge on any atom is -0.478 e. The van der Waals surface area contributed by atoms with E-state index in [2.05, 4.69) is 19.2 Å². The predicted molar refractivity (Wildman–Crippen MR) is 103 cm³/mol. The Morgan fingerprint density at radius 2 is 1.85 bits per heavy atom. The van der Waals surface area contributed by atoms with Gasteiger partial charge in [-0.2, -0.15) is 0 Å². The first-order valence-corrected chi connectivity index (χ1v) is 9.69. The Hall–Kier alpha value is -2.21. The highest BCUT2D eigenvalue weighted by Crippen LogP contribution is 2.28. The molecule has 2 N–H and O–H groups in total. The average Bonchev–Trinajstić information content (AvgIpc) is 3.07. The van der Waals surface area contributed by atoms with Gasteiger partial charge in [0.05, 0.1) is 17.6 Å². The summed E-state index contributed by atoms with van der Waals surface area (Å²) in [6.45, 7) is 6.35. The molecule has 0 aliphatic rings. The van der Waals surface area contributed by atoms with Crippen molar-refractivity contribution in [2.75, 3.05) is 0 Å². The number of hydrogen-bond acceptors (Lipinski definition) is 4. The number of carbonyl (C=O) groups excluding carboxylic acids is 1. The molecule has 1 aromatic heterocycles. The molecule has 1 aromatic carbocycles. The molecule has 26 heavy (non-hydrogen) atoms. The zero-order valence-electron chi connectivity index (χ0n) is 15.3. The number of carbonyl (C=O) groups is 2. The molecular weight excluding hydrogens is 350 g/mol. The Bertz CT molecular complexity index is 754. The molecule has 2 rings (SSSR count). The maximum atomic E-state index is 12.6. The minimum absolute atomic E-state index is 0.103. The molecule has 1 atom stereocenters. The van der Waals surface area contributed by atoms with Crippen molar-refractivity contribution in [1.29, 1.82) is 0 Å². The molecule has 5 nitrogen and oxygen atoms in total. The molecule has 140 valence electrons. The van der Waals surface area contributed by atoms with Gasteiger partial charge in [0.25, 0.3) is 5.91 Å². The zero-order valence-corrected chi connectivity index (χ0v) is 16.1. The fourth-order valence-electron chi connectivity index (χ4n) is 2.52. The Kier molecular flexibility index (Phi) is 7.33. The molecule has 1 unspecified atom stereocenters. The largest absolute Gasteiger partial charge is 0.478 e. The first-order chi connectivity index (χ1) is 12.4. The van der Waals surface area contributed by atoms with Crippen LogP contribution < -0.4 is 5.32 Å². The van der Waals surface area contributed by atoms with Crippen LogP contribution in [0.15, 0.2) is 45.9 Å². The maximum Gasteiger partial charge on any atom is 0.339 e. The van der Waals surface area contributed by atoms with E-state index in [1.165, 1.54) is 24.1 Å². The van der Waals surface area contributed by atoms with Gasteiger partial charge in [0.1, 0.15) is 11.3 Å². The molecule has 0 bridgehead atoms. The quantitative estimate of drug-likeness (QED) is 0.614. The van der Waals surface area contributed by atoms with Crippen molar-refractivity contribution in [2.45, 2.75) is 50.3 Å². The molecule has 0 aliphatic carbocycles. The topological polar surface area (TPSA) is 79.5 Å². The number of furan rings is 1. The van der Waals surface area contributed by atoms with Gasteiger partial charge >= 0.3 is 5.97 Å². The smallest absolute Gasteiger partial charge is 0.339 e. The lowest BCUT2D eigenvalue weighted by Crippen LogP contribution is -2.33. The summed E-state index contributed by atoms with van der Waals surface area (Å²) in [5.41, 5.74) is 0.749. The Morgan fingerprint density at radius 3 is 2.54 bits per heavy atom. The highest BCUT2D eigenvalue weighted by molar-refractivity contribution is 7.98. The van der Waals surface area contributed by atoms with E-state index in [-0.39, 0.29) is 17.5 Å². The van der Waals surface area contributed by atoms with Gasteiger partial charge in [0.2, 0.25) is 0 Å². The molecule has 0 aliphatic heterocycles. The molecule has 0 fully saturated rings. The molecule has 0 saturated heterocycles. The summed E-state index contributed by atoms with van der Waals surface area (Å²) in [6.07, 6.45) is 3.37. The second kappa shape index (κ2) is 9.48. The number of amides is 1. The monoisotopic (exact) mass is 375 g/mol. The van der Waals surface area contributed by atoms with Crippen LogP contribution in [-0.4, -0.2) is 23.0 Å². The number of carboxylic acids is 1. The molecule has 0 spiro atoms. The van der Waals surface area contributed by atoms with E-state index in [1.807, 2.05) is 25.1 Å². The van der Waals surface area contributed by atoms with Gasteiger partial charge in [-0.05, 0) is 43.9 Å². The number of benzene rings is 1.